The minimum absolute atomic E-state index is 0.0401. The molecule has 0 radical (unpaired) electrons. The standard InChI is InChI=1S/C26H30F3NO4/c1-24(2,3)22-21(16-25(34-22)11-13-30(14-12-25)23(31)32)19-6-4-5-18(15-19)17-7-9-20(10-8-17)33-26(27,28)29/h4-10,15,21-22H,11-14,16H2,1-3H3,(H,31,32)/t21-,22?/m1/s1. The van der Waals surface area contributed by atoms with Gasteiger partial charge in [0.15, 0.2) is 0 Å². The number of carboxylic acid groups (broad SMARTS) is 1. The molecule has 8 heteroatoms. The molecular formula is C26H30F3NO4. The summed E-state index contributed by atoms with van der Waals surface area (Å²) >= 11 is 0. The first-order valence-corrected chi connectivity index (χ1v) is 11.5. The molecule has 1 amide bonds. The van der Waals surface area contributed by atoms with Crippen LogP contribution in [0.2, 0.25) is 0 Å². The van der Waals surface area contributed by atoms with Crippen LogP contribution in [0.4, 0.5) is 18.0 Å². The SMILES string of the molecule is CC(C)(C)C1OC2(CCN(C(=O)O)CC2)C[C@@H]1c1cccc(-c2ccc(OC(F)(F)F)cc2)c1. The zero-order valence-electron chi connectivity index (χ0n) is 19.6. The van der Waals surface area contributed by atoms with E-state index in [4.69, 9.17) is 4.74 Å². The van der Waals surface area contributed by atoms with Crippen molar-refractivity contribution in [3.8, 4) is 16.9 Å². The van der Waals surface area contributed by atoms with E-state index < -0.39 is 12.5 Å². The van der Waals surface area contributed by atoms with E-state index in [1.165, 1.54) is 17.0 Å². The number of benzene rings is 2. The second kappa shape index (κ2) is 8.80. The maximum Gasteiger partial charge on any atom is 0.573 e. The van der Waals surface area contributed by atoms with Crippen LogP contribution in [0.3, 0.4) is 0 Å². The largest absolute Gasteiger partial charge is 0.573 e. The van der Waals surface area contributed by atoms with E-state index >= 15 is 0 Å². The van der Waals surface area contributed by atoms with Crippen molar-refractivity contribution >= 4 is 6.09 Å². The van der Waals surface area contributed by atoms with Gasteiger partial charge in [-0.25, -0.2) is 4.79 Å². The number of hydrogen-bond acceptors (Lipinski definition) is 3. The Hall–Kier alpha value is -2.74. The van der Waals surface area contributed by atoms with Crippen molar-refractivity contribution in [1.29, 1.82) is 0 Å². The molecule has 0 saturated carbocycles. The lowest BCUT2D eigenvalue weighted by Crippen LogP contribution is -2.46. The first-order chi connectivity index (χ1) is 15.9. The summed E-state index contributed by atoms with van der Waals surface area (Å²) in [5.74, 6) is -0.122. The number of alkyl halides is 3. The van der Waals surface area contributed by atoms with E-state index in [1.807, 2.05) is 12.1 Å². The van der Waals surface area contributed by atoms with Gasteiger partial charge >= 0.3 is 12.5 Å². The van der Waals surface area contributed by atoms with Crippen LogP contribution in [-0.4, -0.2) is 47.3 Å². The van der Waals surface area contributed by atoms with Gasteiger partial charge in [0, 0.05) is 19.0 Å². The highest BCUT2D eigenvalue weighted by atomic mass is 19.4. The molecule has 2 aliphatic rings. The van der Waals surface area contributed by atoms with E-state index in [9.17, 15) is 23.1 Å². The lowest BCUT2D eigenvalue weighted by molar-refractivity contribution is -0.274. The normalized spacial score (nSPS) is 22.7. The monoisotopic (exact) mass is 477 g/mol. The highest BCUT2D eigenvalue weighted by Crippen LogP contribution is 2.51. The fraction of sp³-hybridized carbons (Fsp3) is 0.500. The quantitative estimate of drug-likeness (QED) is 0.536. The molecule has 2 aromatic rings. The molecule has 2 aliphatic heterocycles. The van der Waals surface area contributed by atoms with Gasteiger partial charge in [0.2, 0.25) is 0 Å². The predicted molar refractivity (Wildman–Crippen MR) is 122 cm³/mol. The third-order valence-electron chi connectivity index (χ3n) is 6.87. The molecule has 0 aliphatic carbocycles. The van der Waals surface area contributed by atoms with Crippen molar-refractivity contribution in [1.82, 2.24) is 4.90 Å². The van der Waals surface area contributed by atoms with Gasteiger partial charge in [0.1, 0.15) is 5.75 Å². The number of piperidine rings is 1. The molecule has 1 unspecified atom stereocenters. The Morgan fingerprint density at radius 2 is 1.71 bits per heavy atom. The second-order valence-corrected chi connectivity index (χ2v) is 10.4. The van der Waals surface area contributed by atoms with Crippen LogP contribution in [0.5, 0.6) is 5.75 Å². The molecule has 1 spiro atoms. The summed E-state index contributed by atoms with van der Waals surface area (Å²) in [6.45, 7) is 7.38. The zero-order valence-corrected chi connectivity index (χ0v) is 19.6. The Bertz CT molecular complexity index is 1020. The van der Waals surface area contributed by atoms with Crippen LogP contribution >= 0.6 is 0 Å². The molecule has 0 bridgehead atoms. The van der Waals surface area contributed by atoms with Gasteiger partial charge in [-0.3, -0.25) is 0 Å². The molecule has 2 atom stereocenters. The van der Waals surface area contributed by atoms with Crippen LogP contribution in [0.15, 0.2) is 48.5 Å². The first-order valence-electron chi connectivity index (χ1n) is 11.5. The number of nitrogens with zero attached hydrogens (tertiary/aromatic N) is 1. The molecule has 0 aromatic heterocycles. The van der Waals surface area contributed by atoms with Crippen LogP contribution in [-0.2, 0) is 4.74 Å². The number of hydrogen-bond donors (Lipinski definition) is 1. The number of likely N-dealkylation sites (tertiary alicyclic amines) is 1. The number of rotatable bonds is 3. The lowest BCUT2D eigenvalue weighted by atomic mass is 9.75. The van der Waals surface area contributed by atoms with Gasteiger partial charge in [-0.1, -0.05) is 57.2 Å². The molecule has 5 nitrogen and oxygen atoms in total. The molecule has 4 rings (SSSR count). The topological polar surface area (TPSA) is 59.0 Å². The van der Waals surface area contributed by atoms with Gasteiger partial charge < -0.3 is 19.5 Å². The average molecular weight is 478 g/mol. The van der Waals surface area contributed by atoms with E-state index in [0.29, 0.717) is 25.9 Å². The third-order valence-corrected chi connectivity index (χ3v) is 6.87. The molecular weight excluding hydrogens is 447 g/mol. The van der Waals surface area contributed by atoms with E-state index in [1.54, 1.807) is 12.1 Å². The van der Waals surface area contributed by atoms with Gasteiger partial charge in [0.05, 0.1) is 11.7 Å². The Balaban J connectivity index is 1.58. The summed E-state index contributed by atoms with van der Waals surface area (Å²) in [5, 5.41) is 9.31. The van der Waals surface area contributed by atoms with E-state index in [-0.39, 0.29) is 28.8 Å². The predicted octanol–water partition coefficient (Wildman–Crippen LogP) is 6.68. The summed E-state index contributed by atoms with van der Waals surface area (Å²) in [6, 6.07) is 13.9. The van der Waals surface area contributed by atoms with Crippen LogP contribution in [0, 0.1) is 5.41 Å². The zero-order chi connectivity index (χ0) is 24.7. The Kier molecular flexibility index (Phi) is 6.31. The lowest BCUT2D eigenvalue weighted by Gasteiger charge is -2.39. The summed E-state index contributed by atoms with van der Waals surface area (Å²) in [4.78, 5) is 12.8. The number of carbonyl (C=O) groups is 1. The first kappa shape index (κ1) is 24.4. The number of ether oxygens (including phenoxy) is 2. The van der Waals surface area contributed by atoms with Crippen LogP contribution < -0.4 is 4.74 Å². The van der Waals surface area contributed by atoms with E-state index in [0.717, 1.165) is 23.1 Å². The van der Waals surface area contributed by atoms with Gasteiger partial charge in [0.25, 0.3) is 0 Å². The van der Waals surface area contributed by atoms with Crippen molar-refractivity contribution in [3.05, 3.63) is 54.1 Å². The van der Waals surface area contributed by atoms with Crippen molar-refractivity contribution in [3.63, 3.8) is 0 Å². The van der Waals surface area contributed by atoms with E-state index in [2.05, 4.69) is 37.6 Å². The molecule has 2 fully saturated rings. The Morgan fingerprint density at radius 3 is 2.26 bits per heavy atom. The van der Waals surface area contributed by atoms with Crippen LogP contribution in [0.25, 0.3) is 11.1 Å². The van der Waals surface area contributed by atoms with Crippen molar-refractivity contribution in [2.45, 2.75) is 64.0 Å². The maximum atomic E-state index is 12.5. The Morgan fingerprint density at radius 1 is 1.06 bits per heavy atom. The summed E-state index contributed by atoms with van der Waals surface area (Å²) < 4.78 is 48.1. The molecule has 1 N–H and O–H groups in total. The highest BCUT2D eigenvalue weighted by Gasteiger charge is 2.52. The minimum atomic E-state index is -4.72. The highest BCUT2D eigenvalue weighted by molar-refractivity contribution is 5.66. The van der Waals surface area contributed by atoms with Gasteiger partial charge in [-0.2, -0.15) is 0 Å². The second-order valence-electron chi connectivity index (χ2n) is 10.4. The fourth-order valence-electron chi connectivity index (χ4n) is 5.21. The number of amides is 1. The molecule has 34 heavy (non-hydrogen) atoms. The van der Waals surface area contributed by atoms with Gasteiger partial charge in [-0.15, -0.1) is 13.2 Å². The van der Waals surface area contributed by atoms with Crippen LogP contribution in [0.1, 0.15) is 51.5 Å². The van der Waals surface area contributed by atoms with Gasteiger partial charge in [-0.05, 0) is 53.5 Å². The molecule has 2 heterocycles. The summed E-state index contributed by atoms with van der Waals surface area (Å²) in [7, 11) is 0. The smallest absolute Gasteiger partial charge is 0.465 e. The fourth-order valence-corrected chi connectivity index (χ4v) is 5.21. The molecule has 2 aromatic carbocycles. The number of halogens is 3. The minimum Gasteiger partial charge on any atom is -0.465 e. The third kappa shape index (κ3) is 5.32. The molecule has 2 saturated heterocycles. The summed E-state index contributed by atoms with van der Waals surface area (Å²) in [6.07, 6.45) is -3.50. The average Bonchev–Trinajstić information content (AvgIpc) is 3.13. The van der Waals surface area contributed by atoms with Crippen molar-refractivity contribution in [2.75, 3.05) is 13.1 Å². The molecule has 184 valence electrons. The maximum absolute atomic E-state index is 12.5. The van der Waals surface area contributed by atoms with Crippen molar-refractivity contribution < 1.29 is 32.5 Å². The summed E-state index contributed by atoms with van der Waals surface area (Å²) in [5.41, 5.74) is 2.36. The Labute approximate surface area is 197 Å². The van der Waals surface area contributed by atoms with Crippen molar-refractivity contribution in [2.24, 2.45) is 5.41 Å².